The number of benzene rings is 2. The van der Waals surface area contributed by atoms with E-state index in [0.29, 0.717) is 11.1 Å². The molecule has 21 heavy (non-hydrogen) atoms. The number of halogens is 1. The predicted octanol–water partition coefficient (Wildman–Crippen LogP) is 3.02. The van der Waals surface area contributed by atoms with Crippen molar-refractivity contribution < 1.29 is 17.7 Å². The summed E-state index contributed by atoms with van der Waals surface area (Å²) in [5.74, 6) is -0.896. The SMILES string of the molecule is Cc1c(CS(=O)(=O)c2ccc(F)cc2)cccc1[N+](=O)[O-]. The normalized spacial score (nSPS) is 11.3. The Morgan fingerprint density at radius 2 is 1.76 bits per heavy atom. The zero-order valence-electron chi connectivity index (χ0n) is 11.1. The highest BCUT2D eigenvalue weighted by molar-refractivity contribution is 7.90. The average molecular weight is 309 g/mol. The summed E-state index contributed by atoms with van der Waals surface area (Å²) in [4.78, 5) is 10.3. The zero-order valence-corrected chi connectivity index (χ0v) is 11.9. The molecule has 7 heteroatoms. The number of hydrogen-bond donors (Lipinski definition) is 0. The van der Waals surface area contributed by atoms with E-state index in [-0.39, 0.29) is 16.3 Å². The fraction of sp³-hybridized carbons (Fsp3) is 0.143. The lowest BCUT2D eigenvalue weighted by Gasteiger charge is -2.08. The Morgan fingerprint density at radius 1 is 1.14 bits per heavy atom. The summed E-state index contributed by atoms with van der Waals surface area (Å²) in [5, 5.41) is 10.9. The van der Waals surface area contributed by atoms with Gasteiger partial charge in [-0.1, -0.05) is 12.1 Å². The van der Waals surface area contributed by atoms with Crippen molar-refractivity contribution in [3.63, 3.8) is 0 Å². The van der Waals surface area contributed by atoms with Crippen LogP contribution in [0.1, 0.15) is 11.1 Å². The van der Waals surface area contributed by atoms with Crippen LogP contribution in [0.4, 0.5) is 10.1 Å². The molecule has 0 unspecified atom stereocenters. The molecular weight excluding hydrogens is 297 g/mol. The first-order chi connectivity index (χ1) is 9.81. The van der Waals surface area contributed by atoms with Gasteiger partial charge in [-0.25, -0.2) is 12.8 Å². The lowest BCUT2D eigenvalue weighted by molar-refractivity contribution is -0.385. The van der Waals surface area contributed by atoms with Crippen molar-refractivity contribution in [1.82, 2.24) is 0 Å². The standard InChI is InChI=1S/C14H12FNO4S/c1-10-11(3-2-4-14(10)16(17)18)9-21(19,20)13-7-5-12(15)6-8-13/h2-8H,9H2,1H3. The van der Waals surface area contributed by atoms with E-state index in [1.165, 1.54) is 37.3 Å². The number of nitro groups is 1. The van der Waals surface area contributed by atoms with Crippen LogP contribution in [0.15, 0.2) is 47.4 Å². The van der Waals surface area contributed by atoms with E-state index in [1.54, 1.807) is 0 Å². The molecule has 0 saturated carbocycles. The third-order valence-electron chi connectivity index (χ3n) is 3.13. The van der Waals surface area contributed by atoms with Crippen molar-refractivity contribution in [2.24, 2.45) is 0 Å². The Bertz CT molecular complexity index is 785. The van der Waals surface area contributed by atoms with E-state index in [1.807, 2.05) is 0 Å². The molecule has 0 fully saturated rings. The summed E-state index contributed by atoms with van der Waals surface area (Å²) in [5.41, 5.74) is 0.545. The van der Waals surface area contributed by atoms with Crippen LogP contribution in [-0.4, -0.2) is 13.3 Å². The molecule has 5 nitrogen and oxygen atoms in total. The molecule has 110 valence electrons. The smallest absolute Gasteiger partial charge is 0.258 e. The van der Waals surface area contributed by atoms with Gasteiger partial charge in [0.2, 0.25) is 0 Å². The van der Waals surface area contributed by atoms with Gasteiger partial charge in [0.25, 0.3) is 5.69 Å². The second-order valence-electron chi connectivity index (χ2n) is 4.53. The Balaban J connectivity index is 2.39. The number of nitro benzene ring substituents is 1. The molecule has 2 aromatic carbocycles. The molecule has 2 aromatic rings. The van der Waals surface area contributed by atoms with Crippen LogP contribution < -0.4 is 0 Å². The summed E-state index contributed by atoms with van der Waals surface area (Å²) >= 11 is 0. The van der Waals surface area contributed by atoms with Crippen molar-refractivity contribution in [1.29, 1.82) is 0 Å². The molecule has 0 bridgehead atoms. The average Bonchev–Trinajstić information content (AvgIpc) is 2.41. The zero-order chi connectivity index (χ0) is 15.6. The molecule has 0 N–H and O–H groups in total. The lowest BCUT2D eigenvalue weighted by Crippen LogP contribution is -2.07. The number of hydrogen-bond acceptors (Lipinski definition) is 4. The van der Waals surface area contributed by atoms with Gasteiger partial charge in [0, 0.05) is 11.6 Å². The van der Waals surface area contributed by atoms with Crippen molar-refractivity contribution in [3.05, 3.63) is 69.5 Å². The summed E-state index contributed by atoms with van der Waals surface area (Å²) in [7, 11) is -3.68. The fourth-order valence-electron chi connectivity index (χ4n) is 1.95. The summed E-state index contributed by atoms with van der Waals surface area (Å²) in [6, 6.07) is 8.78. The van der Waals surface area contributed by atoms with Crippen molar-refractivity contribution in [2.45, 2.75) is 17.6 Å². The van der Waals surface area contributed by atoms with Crippen LogP contribution in [0.3, 0.4) is 0 Å². The molecule has 0 radical (unpaired) electrons. The molecule has 2 rings (SSSR count). The quantitative estimate of drug-likeness (QED) is 0.494. The minimum Gasteiger partial charge on any atom is -0.258 e. The molecule has 0 spiro atoms. The highest BCUT2D eigenvalue weighted by atomic mass is 32.2. The maximum atomic E-state index is 12.8. The van der Waals surface area contributed by atoms with E-state index >= 15 is 0 Å². The number of rotatable bonds is 4. The predicted molar refractivity (Wildman–Crippen MR) is 75.1 cm³/mol. The van der Waals surface area contributed by atoms with Crippen LogP contribution in [0, 0.1) is 22.9 Å². The monoisotopic (exact) mass is 309 g/mol. The van der Waals surface area contributed by atoms with Gasteiger partial charge in [0.05, 0.1) is 15.6 Å². The molecule has 0 aliphatic rings. The highest BCUT2D eigenvalue weighted by Crippen LogP contribution is 2.25. The molecule has 0 heterocycles. The fourth-order valence-corrected chi connectivity index (χ4v) is 3.39. The first kappa shape index (κ1) is 15.1. The van der Waals surface area contributed by atoms with Gasteiger partial charge >= 0.3 is 0 Å². The van der Waals surface area contributed by atoms with Gasteiger partial charge < -0.3 is 0 Å². The Kier molecular flexibility index (Phi) is 4.04. The lowest BCUT2D eigenvalue weighted by atomic mass is 10.1. The summed E-state index contributed by atoms with van der Waals surface area (Å²) < 4.78 is 37.3. The molecular formula is C14H12FNO4S. The molecule has 0 aliphatic carbocycles. The largest absolute Gasteiger partial charge is 0.272 e. The maximum Gasteiger partial charge on any atom is 0.272 e. The Hall–Kier alpha value is -2.28. The van der Waals surface area contributed by atoms with Crippen LogP contribution in [0.25, 0.3) is 0 Å². The van der Waals surface area contributed by atoms with Crippen LogP contribution >= 0.6 is 0 Å². The minimum atomic E-state index is -3.68. The van der Waals surface area contributed by atoms with E-state index < -0.39 is 20.6 Å². The first-order valence-corrected chi connectivity index (χ1v) is 7.68. The minimum absolute atomic E-state index is 0.0187. The van der Waals surface area contributed by atoms with Crippen molar-refractivity contribution in [3.8, 4) is 0 Å². The molecule has 0 aromatic heterocycles. The van der Waals surface area contributed by atoms with E-state index in [4.69, 9.17) is 0 Å². The van der Waals surface area contributed by atoms with E-state index in [2.05, 4.69) is 0 Å². The summed E-state index contributed by atoms with van der Waals surface area (Å²) in [6.07, 6.45) is 0. The number of sulfone groups is 1. The van der Waals surface area contributed by atoms with Gasteiger partial charge in [-0.05, 0) is 36.8 Å². The maximum absolute atomic E-state index is 12.8. The molecule has 0 atom stereocenters. The third kappa shape index (κ3) is 3.25. The van der Waals surface area contributed by atoms with Gasteiger partial charge in [0.1, 0.15) is 5.82 Å². The van der Waals surface area contributed by atoms with Crippen molar-refractivity contribution in [2.75, 3.05) is 0 Å². The molecule has 0 saturated heterocycles. The van der Waals surface area contributed by atoms with Gasteiger partial charge in [-0.3, -0.25) is 10.1 Å². The van der Waals surface area contributed by atoms with E-state index in [9.17, 15) is 22.9 Å². The van der Waals surface area contributed by atoms with Crippen LogP contribution in [0.5, 0.6) is 0 Å². The van der Waals surface area contributed by atoms with Gasteiger partial charge in [0.15, 0.2) is 9.84 Å². The topological polar surface area (TPSA) is 77.3 Å². The third-order valence-corrected chi connectivity index (χ3v) is 4.81. The van der Waals surface area contributed by atoms with Crippen LogP contribution in [-0.2, 0) is 15.6 Å². The number of nitrogens with zero attached hydrogens (tertiary/aromatic N) is 1. The highest BCUT2D eigenvalue weighted by Gasteiger charge is 2.20. The first-order valence-electron chi connectivity index (χ1n) is 6.02. The van der Waals surface area contributed by atoms with E-state index in [0.717, 1.165) is 12.1 Å². The van der Waals surface area contributed by atoms with Gasteiger partial charge in [-0.2, -0.15) is 0 Å². The molecule has 0 amide bonds. The Morgan fingerprint density at radius 3 is 2.33 bits per heavy atom. The second kappa shape index (κ2) is 5.61. The van der Waals surface area contributed by atoms with Crippen molar-refractivity contribution >= 4 is 15.5 Å². The molecule has 0 aliphatic heterocycles. The summed E-state index contributed by atoms with van der Waals surface area (Å²) in [6.45, 7) is 1.51. The Labute approximate surface area is 121 Å². The van der Waals surface area contributed by atoms with Gasteiger partial charge in [-0.15, -0.1) is 0 Å². The second-order valence-corrected chi connectivity index (χ2v) is 6.52. The van der Waals surface area contributed by atoms with Crippen LogP contribution in [0.2, 0.25) is 0 Å².